The van der Waals surface area contributed by atoms with E-state index >= 15 is 0 Å². The number of carbonyl (C=O) groups is 1. The fourth-order valence-electron chi connectivity index (χ4n) is 8.64. The number of carbonyl (C=O) groups excluding carboxylic acids is 1. The Bertz CT molecular complexity index is 1130. The second kappa shape index (κ2) is 49.0. The summed E-state index contributed by atoms with van der Waals surface area (Å²) in [6.07, 6.45) is 61.1. The number of allylic oxidation sites excluding steroid dienone is 3. The first-order valence-electron chi connectivity index (χ1n) is 28.7. The number of aliphatic hydroxyl groups is 1. The molecule has 0 aromatic carbocycles. The maximum absolute atomic E-state index is 12.9. The Morgan fingerprint density at radius 2 is 0.848 bits per heavy atom. The normalized spacial score (nSPS) is 14.1. The number of phosphoric acid groups is 1. The minimum atomic E-state index is -4.60. The van der Waals surface area contributed by atoms with Crippen LogP contribution in [0.25, 0.3) is 0 Å². The van der Waals surface area contributed by atoms with Crippen molar-refractivity contribution >= 4 is 13.7 Å². The molecule has 0 fully saturated rings. The molecule has 0 aromatic rings. The molecule has 0 saturated carbocycles. The van der Waals surface area contributed by atoms with Crippen molar-refractivity contribution in [3.63, 3.8) is 0 Å². The lowest BCUT2D eigenvalue weighted by Crippen LogP contribution is -2.45. The first-order chi connectivity index (χ1) is 32.0. The molecule has 0 aliphatic rings. The van der Waals surface area contributed by atoms with Crippen LogP contribution in [-0.2, 0) is 18.4 Å². The number of nitrogens with zero attached hydrogens (tertiary/aromatic N) is 1. The summed E-state index contributed by atoms with van der Waals surface area (Å²) in [7, 11) is 1.26. The van der Waals surface area contributed by atoms with Crippen LogP contribution in [0.5, 0.6) is 0 Å². The molecule has 0 aliphatic carbocycles. The lowest BCUT2D eigenvalue weighted by atomic mass is 10.0. The van der Waals surface area contributed by atoms with Gasteiger partial charge in [0.25, 0.3) is 7.82 Å². The highest BCUT2D eigenvalue weighted by atomic mass is 31.2. The first kappa shape index (κ1) is 65.0. The molecule has 1 amide bonds. The lowest BCUT2D eigenvalue weighted by molar-refractivity contribution is -0.870. The van der Waals surface area contributed by atoms with Crippen molar-refractivity contribution in [2.45, 2.75) is 296 Å². The van der Waals surface area contributed by atoms with Gasteiger partial charge in [-0.3, -0.25) is 9.36 Å². The van der Waals surface area contributed by atoms with Gasteiger partial charge < -0.3 is 28.8 Å². The Labute approximate surface area is 411 Å². The first-order valence-corrected chi connectivity index (χ1v) is 30.2. The van der Waals surface area contributed by atoms with E-state index in [4.69, 9.17) is 9.05 Å². The average molecular weight is 954 g/mol. The Hall–Kier alpha value is -1.02. The summed E-state index contributed by atoms with van der Waals surface area (Å²) in [5, 5.41) is 13.9. The van der Waals surface area contributed by atoms with Crippen molar-refractivity contribution in [3.05, 3.63) is 24.3 Å². The fraction of sp³-hybridized carbons (Fsp3) is 0.912. The summed E-state index contributed by atoms with van der Waals surface area (Å²) < 4.78 is 23.3. The highest BCUT2D eigenvalue weighted by molar-refractivity contribution is 7.45. The van der Waals surface area contributed by atoms with E-state index in [9.17, 15) is 19.4 Å². The molecule has 0 aliphatic heterocycles. The third-order valence-electron chi connectivity index (χ3n) is 13.2. The van der Waals surface area contributed by atoms with Crippen molar-refractivity contribution < 1.29 is 32.9 Å². The van der Waals surface area contributed by atoms with Gasteiger partial charge in [-0.1, -0.05) is 269 Å². The van der Waals surface area contributed by atoms with E-state index in [1.165, 1.54) is 225 Å². The number of aliphatic hydroxyl groups excluding tert-OH is 1. The number of nitrogens with one attached hydrogen (secondary N) is 1. The Kier molecular flexibility index (Phi) is 48.2. The number of hydrogen-bond donors (Lipinski definition) is 2. The average Bonchev–Trinajstić information content (AvgIpc) is 3.28. The zero-order valence-electron chi connectivity index (χ0n) is 44.7. The van der Waals surface area contributed by atoms with Gasteiger partial charge >= 0.3 is 0 Å². The smallest absolute Gasteiger partial charge is 0.268 e. The molecule has 0 saturated heterocycles. The van der Waals surface area contributed by atoms with Crippen molar-refractivity contribution in [2.24, 2.45) is 0 Å². The van der Waals surface area contributed by atoms with Gasteiger partial charge in [0.1, 0.15) is 13.2 Å². The summed E-state index contributed by atoms with van der Waals surface area (Å²) in [5.41, 5.74) is 0. The molecule has 0 rings (SSSR count). The van der Waals surface area contributed by atoms with Crippen molar-refractivity contribution in [1.29, 1.82) is 0 Å². The predicted octanol–water partition coefficient (Wildman–Crippen LogP) is 16.6. The second-order valence-corrected chi connectivity index (χ2v) is 22.4. The minimum Gasteiger partial charge on any atom is -0.756 e. The van der Waals surface area contributed by atoms with Crippen molar-refractivity contribution in [2.75, 3.05) is 40.9 Å². The zero-order chi connectivity index (χ0) is 48.5. The molecular formula is C57H113N2O6P. The molecule has 0 bridgehead atoms. The van der Waals surface area contributed by atoms with Crippen LogP contribution in [0.3, 0.4) is 0 Å². The summed E-state index contributed by atoms with van der Waals surface area (Å²) in [4.78, 5) is 25.5. The zero-order valence-corrected chi connectivity index (χ0v) is 45.6. The fourth-order valence-corrected chi connectivity index (χ4v) is 9.37. The monoisotopic (exact) mass is 953 g/mol. The molecule has 392 valence electrons. The van der Waals surface area contributed by atoms with Crippen molar-refractivity contribution in [3.8, 4) is 0 Å². The van der Waals surface area contributed by atoms with Crippen LogP contribution in [0.2, 0.25) is 0 Å². The predicted molar refractivity (Wildman–Crippen MR) is 284 cm³/mol. The molecule has 0 spiro atoms. The van der Waals surface area contributed by atoms with Crippen LogP contribution >= 0.6 is 7.82 Å². The summed E-state index contributed by atoms with van der Waals surface area (Å²) in [5.74, 6) is -0.201. The molecule has 0 aromatic heterocycles. The largest absolute Gasteiger partial charge is 0.756 e. The van der Waals surface area contributed by atoms with Gasteiger partial charge in [-0.15, -0.1) is 0 Å². The van der Waals surface area contributed by atoms with Gasteiger partial charge in [0.05, 0.1) is 39.9 Å². The summed E-state index contributed by atoms with van der Waals surface area (Å²) in [6.45, 7) is 4.67. The van der Waals surface area contributed by atoms with Crippen LogP contribution in [0.1, 0.15) is 284 Å². The van der Waals surface area contributed by atoms with Gasteiger partial charge in [-0.2, -0.15) is 0 Å². The van der Waals surface area contributed by atoms with Gasteiger partial charge in [-0.05, 0) is 32.1 Å². The standard InChI is InChI=1S/C57H113N2O6P/c1-6-8-10-12-14-16-18-20-22-24-26-27-28-29-30-31-33-34-36-38-40-42-44-46-48-50-56(60)55(54-65-66(62,63)64-53-52-59(3,4)5)58-57(61)51-49-47-45-43-41-39-37-35-32-25-23-21-19-17-15-13-11-9-7-2/h40,42,48,50,55-56,60H,6-39,41,43-47,49,51-54H2,1-5H3,(H-,58,61,62,63)/b42-40+,50-48+. The van der Waals surface area contributed by atoms with Gasteiger partial charge in [0.15, 0.2) is 0 Å². The Balaban J connectivity index is 4.23. The van der Waals surface area contributed by atoms with E-state index < -0.39 is 20.0 Å². The molecule has 0 heterocycles. The van der Waals surface area contributed by atoms with Crippen LogP contribution < -0.4 is 10.2 Å². The van der Waals surface area contributed by atoms with E-state index in [2.05, 4.69) is 31.3 Å². The SMILES string of the molecule is CCCCCCCCCCCCCCCCCCCCC/C=C/CC/C=C/C(O)C(COP(=O)([O-])OCC[N+](C)(C)C)NC(=O)CCCCCCCCCCCCCCCCCCCCC. The number of rotatable bonds is 53. The quantitative estimate of drug-likeness (QED) is 0.0272. The summed E-state index contributed by atoms with van der Waals surface area (Å²) in [6, 6.07) is -0.900. The highest BCUT2D eigenvalue weighted by Crippen LogP contribution is 2.38. The third-order valence-corrected chi connectivity index (χ3v) is 14.1. The molecular weight excluding hydrogens is 840 g/mol. The molecule has 66 heavy (non-hydrogen) atoms. The number of likely N-dealkylation sites (N-methyl/N-ethyl adjacent to an activating group) is 1. The van der Waals surface area contributed by atoms with E-state index in [1.807, 2.05) is 27.2 Å². The van der Waals surface area contributed by atoms with E-state index in [0.29, 0.717) is 17.4 Å². The molecule has 3 atom stereocenters. The van der Waals surface area contributed by atoms with Crippen LogP contribution in [0.15, 0.2) is 24.3 Å². The molecule has 9 heteroatoms. The van der Waals surface area contributed by atoms with E-state index in [0.717, 1.165) is 38.5 Å². The number of phosphoric ester groups is 1. The van der Waals surface area contributed by atoms with Gasteiger partial charge in [0.2, 0.25) is 5.91 Å². The summed E-state index contributed by atoms with van der Waals surface area (Å²) >= 11 is 0. The number of amides is 1. The van der Waals surface area contributed by atoms with Gasteiger partial charge in [0, 0.05) is 6.42 Å². The third kappa shape index (κ3) is 50.8. The Morgan fingerprint density at radius 3 is 1.23 bits per heavy atom. The van der Waals surface area contributed by atoms with Crippen LogP contribution in [-0.4, -0.2) is 68.5 Å². The van der Waals surface area contributed by atoms with Crippen LogP contribution in [0.4, 0.5) is 0 Å². The second-order valence-electron chi connectivity index (χ2n) is 21.0. The number of hydrogen-bond acceptors (Lipinski definition) is 6. The maximum Gasteiger partial charge on any atom is 0.268 e. The lowest BCUT2D eigenvalue weighted by Gasteiger charge is -2.29. The van der Waals surface area contributed by atoms with E-state index in [1.54, 1.807) is 6.08 Å². The molecule has 3 unspecified atom stereocenters. The number of quaternary nitrogens is 1. The van der Waals surface area contributed by atoms with Crippen molar-refractivity contribution in [1.82, 2.24) is 5.32 Å². The topological polar surface area (TPSA) is 108 Å². The van der Waals surface area contributed by atoms with Crippen LogP contribution in [0, 0.1) is 0 Å². The van der Waals surface area contributed by atoms with Gasteiger partial charge in [-0.25, -0.2) is 0 Å². The highest BCUT2D eigenvalue weighted by Gasteiger charge is 2.23. The molecule has 0 radical (unpaired) electrons. The molecule has 8 nitrogen and oxygen atoms in total. The Morgan fingerprint density at radius 1 is 0.515 bits per heavy atom. The maximum atomic E-state index is 12.9. The van der Waals surface area contributed by atoms with E-state index in [-0.39, 0.29) is 19.1 Å². The number of unbranched alkanes of at least 4 members (excludes halogenated alkanes) is 38. The molecule has 2 N–H and O–H groups in total. The minimum absolute atomic E-state index is 0.00373.